The Morgan fingerprint density at radius 2 is 1.77 bits per heavy atom. The van der Waals surface area contributed by atoms with E-state index >= 15 is 0 Å². The first-order valence-electron chi connectivity index (χ1n) is 8.82. The summed E-state index contributed by atoms with van der Waals surface area (Å²) in [5.41, 5.74) is 4.64. The molecule has 5 nitrogen and oxygen atoms in total. The molecule has 0 saturated carbocycles. The molecule has 2 aromatic carbocycles. The highest BCUT2D eigenvalue weighted by atomic mass is 16.2. The molecule has 0 bridgehead atoms. The quantitative estimate of drug-likeness (QED) is 0.893. The fourth-order valence-corrected chi connectivity index (χ4v) is 3.53. The fraction of sp³-hybridized carbons (Fsp3) is 0.238. The third-order valence-electron chi connectivity index (χ3n) is 4.94. The van der Waals surface area contributed by atoms with Crippen LogP contribution in [0.25, 0.3) is 0 Å². The molecule has 0 spiro atoms. The zero-order chi connectivity index (χ0) is 18.1. The minimum atomic E-state index is -0.395. The van der Waals surface area contributed by atoms with Crippen molar-refractivity contribution in [3.63, 3.8) is 0 Å². The molecule has 2 aromatic rings. The smallest absolute Gasteiger partial charge is 0.319 e. The van der Waals surface area contributed by atoms with Gasteiger partial charge in [0.25, 0.3) is 5.91 Å². The van der Waals surface area contributed by atoms with Crippen LogP contribution in [0.2, 0.25) is 0 Å². The van der Waals surface area contributed by atoms with Crippen LogP contribution >= 0.6 is 0 Å². The number of benzene rings is 2. The van der Waals surface area contributed by atoms with E-state index in [0.717, 1.165) is 23.2 Å². The van der Waals surface area contributed by atoms with Crippen molar-refractivity contribution in [3.05, 3.63) is 82.6 Å². The van der Waals surface area contributed by atoms with Gasteiger partial charge in [-0.05, 0) is 24.5 Å². The minimum absolute atomic E-state index is 0.00555. The number of nitrogens with one attached hydrogen (secondary N) is 2. The van der Waals surface area contributed by atoms with Crippen molar-refractivity contribution in [1.82, 2.24) is 15.5 Å². The average Bonchev–Trinajstić information content (AvgIpc) is 2.96. The highest BCUT2D eigenvalue weighted by molar-refractivity contribution is 6.01. The summed E-state index contributed by atoms with van der Waals surface area (Å²) in [7, 11) is 0. The highest BCUT2D eigenvalue weighted by Crippen LogP contribution is 2.32. The van der Waals surface area contributed by atoms with Crippen LogP contribution in [0, 0.1) is 6.92 Å². The Bertz CT molecular complexity index is 872. The zero-order valence-electron chi connectivity index (χ0n) is 14.7. The van der Waals surface area contributed by atoms with Crippen LogP contribution < -0.4 is 10.6 Å². The Balaban J connectivity index is 1.55. The molecule has 5 heteroatoms. The summed E-state index contributed by atoms with van der Waals surface area (Å²) in [5, 5.41) is 5.71. The molecule has 2 aliphatic heterocycles. The van der Waals surface area contributed by atoms with Gasteiger partial charge in [-0.3, -0.25) is 4.79 Å². The van der Waals surface area contributed by atoms with Crippen LogP contribution in [0.4, 0.5) is 4.79 Å². The van der Waals surface area contributed by atoms with E-state index in [4.69, 9.17) is 0 Å². The van der Waals surface area contributed by atoms with Crippen molar-refractivity contribution in [1.29, 1.82) is 0 Å². The summed E-state index contributed by atoms with van der Waals surface area (Å²) in [5.74, 6) is -0.00555. The molecule has 0 unspecified atom stereocenters. The Morgan fingerprint density at radius 1 is 1.04 bits per heavy atom. The van der Waals surface area contributed by atoms with Crippen LogP contribution in [-0.4, -0.2) is 29.9 Å². The zero-order valence-corrected chi connectivity index (χ0v) is 14.7. The third-order valence-corrected chi connectivity index (χ3v) is 4.94. The molecule has 132 valence electrons. The number of urea groups is 1. The summed E-state index contributed by atoms with van der Waals surface area (Å²) in [6, 6.07) is 17.4. The summed E-state index contributed by atoms with van der Waals surface area (Å²) in [6.45, 7) is 3.10. The Kier molecular flexibility index (Phi) is 4.21. The lowest BCUT2D eigenvalue weighted by Gasteiger charge is -2.25. The van der Waals surface area contributed by atoms with Crippen molar-refractivity contribution >= 4 is 11.9 Å². The van der Waals surface area contributed by atoms with Crippen LogP contribution in [-0.2, 0) is 11.2 Å². The van der Waals surface area contributed by atoms with E-state index in [-0.39, 0.29) is 11.9 Å². The molecule has 2 aliphatic rings. The molecule has 3 amide bonds. The Hall–Kier alpha value is -3.08. The molecule has 26 heavy (non-hydrogen) atoms. The van der Waals surface area contributed by atoms with Gasteiger partial charge in [-0.1, -0.05) is 60.2 Å². The number of hydrogen-bond acceptors (Lipinski definition) is 2. The number of amides is 3. The summed E-state index contributed by atoms with van der Waals surface area (Å²) in [6.07, 6.45) is 0.795. The lowest BCUT2D eigenvalue weighted by atomic mass is 9.95. The standard InChI is InChI=1S/C21H21N3O2/c1-14-7-9-16(10-8-14)19-18-17(22-21(26)23-19)13-24(20(18)25)12-11-15-5-3-2-4-6-15/h2-10,19H,11-13H2,1H3,(H2,22,23,26)/t19-/m1/s1. The van der Waals surface area contributed by atoms with Gasteiger partial charge in [0.15, 0.2) is 0 Å². The van der Waals surface area contributed by atoms with E-state index in [9.17, 15) is 9.59 Å². The molecular formula is C21H21N3O2. The van der Waals surface area contributed by atoms with Crippen LogP contribution in [0.15, 0.2) is 65.9 Å². The van der Waals surface area contributed by atoms with Gasteiger partial charge in [-0.25, -0.2) is 4.79 Å². The second-order valence-corrected chi connectivity index (χ2v) is 6.80. The SMILES string of the molecule is Cc1ccc([C@H]2NC(=O)NC3=C2C(=O)N(CCc2ccccc2)C3)cc1. The second-order valence-electron chi connectivity index (χ2n) is 6.80. The topological polar surface area (TPSA) is 61.4 Å². The Labute approximate surface area is 152 Å². The normalized spacial score (nSPS) is 19.3. The molecular weight excluding hydrogens is 326 g/mol. The number of carbonyl (C=O) groups excluding carboxylic acids is 2. The van der Waals surface area contributed by atoms with Gasteiger partial charge in [-0.15, -0.1) is 0 Å². The lowest BCUT2D eigenvalue weighted by Crippen LogP contribution is -2.44. The Morgan fingerprint density at radius 3 is 2.50 bits per heavy atom. The maximum atomic E-state index is 13.0. The molecule has 1 atom stereocenters. The first-order chi connectivity index (χ1) is 12.6. The maximum Gasteiger partial charge on any atom is 0.319 e. The van der Waals surface area contributed by atoms with E-state index in [1.165, 1.54) is 5.56 Å². The van der Waals surface area contributed by atoms with E-state index in [1.807, 2.05) is 54.3 Å². The highest BCUT2D eigenvalue weighted by Gasteiger charge is 2.40. The molecule has 0 saturated heterocycles. The minimum Gasteiger partial charge on any atom is -0.333 e. The number of rotatable bonds is 4. The van der Waals surface area contributed by atoms with E-state index in [2.05, 4.69) is 22.8 Å². The molecule has 0 radical (unpaired) electrons. The van der Waals surface area contributed by atoms with E-state index in [0.29, 0.717) is 18.7 Å². The van der Waals surface area contributed by atoms with Gasteiger partial charge >= 0.3 is 6.03 Å². The molecule has 4 rings (SSSR count). The first kappa shape index (κ1) is 16.4. The molecule has 0 aromatic heterocycles. The van der Waals surface area contributed by atoms with Gasteiger partial charge in [0.05, 0.1) is 23.9 Å². The van der Waals surface area contributed by atoms with Crippen LogP contribution in [0.1, 0.15) is 22.7 Å². The van der Waals surface area contributed by atoms with E-state index in [1.54, 1.807) is 0 Å². The second kappa shape index (κ2) is 6.67. The van der Waals surface area contributed by atoms with Gasteiger partial charge in [-0.2, -0.15) is 0 Å². The van der Waals surface area contributed by atoms with Gasteiger partial charge < -0.3 is 15.5 Å². The predicted molar refractivity (Wildman–Crippen MR) is 99.3 cm³/mol. The van der Waals surface area contributed by atoms with Crippen molar-refractivity contribution < 1.29 is 9.59 Å². The van der Waals surface area contributed by atoms with Crippen molar-refractivity contribution in [2.45, 2.75) is 19.4 Å². The number of carbonyl (C=O) groups is 2. The van der Waals surface area contributed by atoms with Crippen molar-refractivity contribution in [3.8, 4) is 0 Å². The van der Waals surface area contributed by atoms with Crippen LogP contribution in [0.5, 0.6) is 0 Å². The first-order valence-corrected chi connectivity index (χ1v) is 8.82. The lowest BCUT2D eigenvalue weighted by molar-refractivity contribution is -0.125. The number of hydrogen-bond donors (Lipinski definition) is 2. The third kappa shape index (κ3) is 3.08. The number of nitrogens with zero attached hydrogens (tertiary/aromatic N) is 1. The van der Waals surface area contributed by atoms with E-state index < -0.39 is 6.04 Å². The molecule has 2 heterocycles. The van der Waals surface area contributed by atoms with Crippen molar-refractivity contribution in [2.24, 2.45) is 0 Å². The largest absolute Gasteiger partial charge is 0.333 e. The average molecular weight is 347 g/mol. The summed E-state index contributed by atoms with van der Waals surface area (Å²) < 4.78 is 0. The van der Waals surface area contributed by atoms with Crippen molar-refractivity contribution in [2.75, 3.05) is 13.1 Å². The van der Waals surface area contributed by atoms with Gasteiger partial charge in [0.1, 0.15) is 0 Å². The monoisotopic (exact) mass is 347 g/mol. The fourth-order valence-electron chi connectivity index (χ4n) is 3.53. The molecule has 0 fully saturated rings. The summed E-state index contributed by atoms with van der Waals surface area (Å²) >= 11 is 0. The maximum absolute atomic E-state index is 13.0. The van der Waals surface area contributed by atoms with Gasteiger partial charge in [0.2, 0.25) is 0 Å². The van der Waals surface area contributed by atoms with Gasteiger partial charge in [0, 0.05) is 6.54 Å². The summed E-state index contributed by atoms with van der Waals surface area (Å²) in [4.78, 5) is 26.9. The predicted octanol–water partition coefficient (Wildman–Crippen LogP) is 2.69. The molecule has 0 aliphatic carbocycles. The molecule has 2 N–H and O–H groups in total. The number of aryl methyl sites for hydroxylation is 1. The van der Waals surface area contributed by atoms with Crippen LogP contribution in [0.3, 0.4) is 0 Å².